The first-order chi connectivity index (χ1) is 9.09. The number of hydrogen-bond acceptors (Lipinski definition) is 2. The number of nitrogens with zero attached hydrogens (tertiary/aromatic N) is 1. The van der Waals surface area contributed by atoms with E-state index < -0.39 is 0 Å². The Hall–Kier alpha value is -0.380. The van der Waals surface area contributed by atoms with Crippen molar-refractivity contribution in [2.24, 2.45) is 5.73 Å². The molecule has 0 aliphatic heterocycles. The minimum absolute atomic E-state index is 0.0976. The van der Waals surface area contributed by atoms with Crippen LogP contribution in [0.15, 0.2) is 28.7 Å². The summed E-state index contributed by atoms with van der Waals surface area (Å²) in [5, 5.41) is 0. The molecule has 2 rings (SSSR count). The van der Waals surface area contributed by atoms with E-state index in [4.69, 9.17) is 5.73 Å². The molecule has 0 amide bonds. The molecule has 0 aromatic heterocycles. The van der Waals surface area contributed by atoms with Crippen LogP contribution >= 0.6 is 15.9 Å². The van der Waals surface area contributed by atoms with Crippen LogP contribution in [0.4, 0.5) is 0 Å². The van der Waals surface area contributed by atoms with Crippen molar-refractivity contribution in [3.63, 3.8) is 0 Å². The normalized spacial score (nSPS) is 18.7. The van der Waals surface area contributed by atoms with Crippen molar-refractivity contribution in [2.75, 3.05) is 13.6 Å². The third kappa shape index (κ3) is 4.59. The predicted octanol–water partition coefficient (Wildman–Crippen LogP) is 3.93. The fourth-order valence-corrected chi connectivity index (χ4v) is 3.33. The Morgan fingerprint density at radius 1 is 1.21 bits per heavy atom. The molecule has 0 heterocycles. The minimum atomic E-state index is 0.0976. The monoisotopic (exact) mass is 324 g/mol. The first-order valence-electron chi connectivity index (χ1n) is 7.30. The molecule has 1 aliphatic rings. The van der Waals surface area contributed by atoms with Crippen molar-refractivity contribution >= 4 is 15.9 Å². The molecule has 0 bridgehead atoms. The zero-order valence-electron chi connectivity index (χ0n) is 11.9. The van der Waals surface area contributed by atoms with Crippen LogP contribution in [0.2, 0.25) is 0 Å². The molecule has 1 aromatic rings. The van der Waals surface area contributed by atoms with E-state index >= 15 is 0 Å². The maximum Gasteiger partial charge on any atom is 0.0241 e. The van der Waals surface area contributed by atoms with Gasteiger partial charge in [0.25, 0.3) is 0 Å². The van der Waals surface area contributed by atoms with Crippen LogP contribution in [0, 0.1) is 0 Å². The topological polar surface area (TPSA) is 29.3 Å². The molecule has 0 radical (unpaired) electrons. The Kier molecular flexibility index (Phi) is 5.43. The fraction of sp³-hybridized carbons (Fsp3) is 0.625. The van der Waals surface area contributed by atoms with Crippen molar-refractivity contribution in [1.82, 2.24) is 4.90 Å². The summed E-state index contributed by atoms with van der Waals surface area (Å²) in [5.41, 5.74) is 7.94. The van der Waals surface area contributed by atoms with Gasteiger partial charge in [0.15, 0.2) is 0 Å². The molecule has 106 valence electrons. The van der Waals surface area contributed by atoms with Crippen molar-refractivity contribution < 1.29 is 0 Å². The zero-order valence-corrected chi connectivity index (χ0v) is 13.5. The van der Waals surface area contributed by atoms with E-state index in [0.717, 1.165) is 19.5 Å². The van der Waals surface area contributed by atoms with Crippen LogP contribution in [-0.2, 0) is 6.54 Å². The number of halogens is 1. The van der Waals surface area contributed by atoms with Gasteiger partial charge >= 0.3 is 0 Å². The van der Waals surface area contributed by atoms with Crippen LogP contribution in [0.3, 0.4) is 0 Å². The Balaban J connectivity index is 1.81. The second-order valence-corrected chi connectivity index (χ2v) is 6.86. The third-order valence-electron chi connectivity index (χ3n) is 4.24. The van der Waals surface area contributed by atoms with E-state index in [2.05, 4.69) is 52.1 Å². The summed E-state index contributed by atoms with van der Waals surface area (Å²) in [6.45, 7) is 2.06. The highest BCUT2D eigenvalue weighted by molar-refractivity contribution is 9.10. The smallest absolute Gasteiger partial charge is 0.0241 e. The molecular formula is C16H25BrN2. The molecule has 0 unspecified atom stereocenters. The molecule has 2 nitrogen and oxygen atoms in total. The van der Waals surface area contributed by atoms with E-state index in [1.807, 2.05) is 0 Å². The SMILES string of the molecule is CN(CCC1(N)CCCCC1)Cc1ccccc1Br. The van der Waals surface area contributed by atoms with E-state index in [0.29, 0.717) is 0 Å². The molecule has 2 N–H and O–H groups in total. The van der Waals surface area contributed by atoms with Crippen LogP contribution in [-0.4, -0.2) is 24.0 Å². The molecule has 1 aliphatic carbocycles. The second kappa shape index (κ2) is 6.87. The Bertz CT molecular complexity index is 399. The third-order valence-corrected chi connectivity index (χ3v) is 5.01. The zero-order chi connectivity index (χ0) is 13.7. The highest BCUT2D eigenvalue weighted by Crippen LogP contribution is 2.29. The van der Waals surface area contributed by atoms with Crippen LogP contribution in [0.1, 0.15) is 44.1 Å². The summed E-state index contributed by atoms with van der Waals surface area (Å²) in [5.74, 6) is 0. The lowest BCUT2D eigenvalue weighted by Crippen LogP contribution is -2.44. The molecule has 1 fully saturated rings. The Morgan fingerprint density at radius 3 is 2.58 bits per heavy atom. The highest BCUT2D eigenvalue weighted by atomic mass is 79.9. The summed E-state index contributed by atoms with van der Waals surface area (Å²) < 4.78 is 1.20. The van der Waals surface area contributed by atoms with Gasteiger partial charge in [0.1, 0.15) is 0 Å². The summed E-state index contributed by atoms with van der Waals surface area (Å²) >= 11 is 3.61. The van der Waals surface area contributed by atoms with Crippen molar-refractivity contribution in [1.29, 1.82) is 0 Å². The van der Waals surface area contributed by atoms with Crippen LogP contribution in [0.25, 0.3) is 0 Å². The fourth-order valence-electron chi connectivity index (χ4n) is 2.92. The molecule has 0 atom stereocenters. The maximum absolute atomic E-state index is 6.49. The van der Waals surface area contributed by atoms with E-state index in [1.54, 1.807) is 0 Å². The van der Waals surface area contributed by atoms with Gasteiger partial charge in [0.05, 0.1) is 0 Å². The number of rotatable bonds is 5. The van der Waals surface area contributed by atoms with Crippen molar-refractivity contribution in [3.8, 4) is 0 Å². The minimum Gasteiger partial charge on any atom is -0.325 e. The summed E-state index contributed by atoms with van der Waals surface area (Å²) in [4.78, 5) is 2.38. The summed E-state index contributed by atoms with van der Waals surface area (Å²) in [7, 11) is 2.19. The largest absolute Gasteiger partial charge is 0.325 e. The Labute approximate surface area is 125 Å². The van der Waals surface area contributed by atoms with Gasteiger partial charge in [-0.25, -0.2) is 0 Å². The number of benzene rings is 1. The lowest BCUT2D eigenvalue weighted by molar-refractivity contribution is 0.226. The van der Waals surface area contributed by atoms with E-state index in [9.17, 15) is 0 Å². The molecule has 1 aromatic carbocycles. The Morgan fingerprint density at radius 2 is 1.89 bits per heavy atom. The molecule has 0 spiro atoms. The van der Waals surface area contributed by atoms with E-state index in [1.165, 1.54) is 42.1 Å². The molecular weight excluding hydrogens is 300 g/mol. The van der Waals surface area contributed by atoms with Gasteiger partial charge in [-0.15, -0.1) is 0 Å². The van der Waals surface area contributed by atoms with Gasteiger partial charge in [-0.3, -0.25) is 0 Å². The standard InChI is InChI=1S/C16H25BrN2/c1-19(13-14-7-3-4-8-15(14)17)12-11-16(18)9-5-2-6-10-16/h3-4,7-8H,2,5-6,9-13,18H2,1H3. The second-order valence-electron chi connectivity index (χ2n) is 6.00. The summed E-state index contributed by atoms with van der Waals surface area (Å²) in [6, 6.07) is 8.44. The van der Waals surface area contributed by atoms with Gasteiger partial charge in [0, 0.05) is 16.6 Å². The van der Waals surface area contributed by atoms with Gasteiger partial charge in [0.2, 0.25) is 0 Å². The predicted molar refractivity (Wildman–Crippen MR) is 85.1 cm³/mol. The molecule has 1 saturated carbocycles. The average Bonchev–Trinajstić information content (AvgIpc) is 2.40. The average molecular weight is 325 g/mol. The summed E-state index contributed by atoms with van der Waals surface area (Å²) in [6.07, 6.45) is 7.51. The highest BCUT2D eigenvalue weighted by Gasteiger charge is 2.27. The van der Waals surface area contributed by atoms with Crippen LogP contribution < -0.4 is 5.73 Å². The van der Waals surface area contributed by atoms with Gasteiger partial charge in [-0.2, -0.15) is 0 Å². The lowest BCUT2D eigenvalue weighted by atomic mass is 9.80. The first kappa shape index (κ1) is 15.0. The molecule has 19 heavy (non-hydrogen) atoms. The van der Waals surface area contributed by atoms with Gasteiger partial charge < -0.3 is 10.6 Å². The van der Waals surface area contributed by atoms with Crippen molar-refractivity contribution in [2.45, 2.75) is 50.6 Å². The maximum atomic E-state index is 6.49. The lowest BCUT2D eigenvalue weighted by Gasteiger charge is -2.35. The van der Waals surface area contributed by atoms with Crippen molar-refractivity contribution in [3.05, 3.63) is 34.3 Å². The molecule has 0 saturated heterocycles. The van der Waals surface area contributed by atoms with Crippen LogP contribution in [0.5, 0.6) is 0 Å². The van der Waals surface area contributed by atoms with E-state index in [-0.39, 0.29) is 5.54 Å². The number of nitrogens with two attached hydrogens (primary N) is 1. The number of hydrogen-bond donors (Lipinski definition) is 1. The quantitative estimate of drug-likeness (QED) is 0.889. The molecule has 3 heteroatoms. The van der Waals surface area contributed by atoms with Gasteiger partial charge in [-0.1, -0.05) is 53.4 Å². The van der Waals surface area contributed by atoms with Gasteiger partial charge in [-0.05, 0) is 44.5 Å². The first-order valence-corrected chi connectivity index (χ1v) is 8.09.